The van der Waals surface area contributed by atoms with Crippen LogP contribution in [0.2, 0.25) is 0 Å². The lowest BCUT2D eigenvalue weighted by atomic mass is 10.3. The molecule has 0 aliphatic heterocycles. The van der Waals surface area contributed by atoms with Crippen LogP contribution in [0.15, 0.2) is 6.07 Å². The molecule has 1 heterocycles. The van der Waals surface area contributed by atoms with E-state index in [4.69, 9.17) is 5.11 Å². The Morgan fingerprint density at radius 3 is 2.71 bits per heavy atom. The number of aliphatic carboxylic acids is 1. The molecule has 0 saturated carbocycles. The second kappa shape index (κ2) is 3.44. The molecule has 7 heteroatoms. The molecule has 1 rings (SSSR count). The van der Waals surface area contributed by atoms with E-state index in [9.17, 15) is 14.9 Å². The molecule has 0 aliphatic carbocycles. The van der Waals surface area contributed by atoms with Gasteiger partial charge in [-0.3, -0.25) is 0 Å². The molecule has 0 amide bonds. The molecule has 0 aliphatic rings. The predicted octanol–water partition coefficient (Wildman–Crippen LogP) is 0.745. The van der Waals surface area contributed by atoms with E-state index in [-0.39, 0.29) is 5.82 Å². The number of aromatic nitrogens is 2. The third-order valence-electron chi connectivity index (χ3n) is 1.82. The summed E-state index contributed by atoms with van der Waals surface area (Å²) in [4.78, 5) is 20.3. The van der Waals surface area contributed by atoms with E-state index < -0.39 is 16.9 Å². The molecule has 1 aromatic heterocycles. The topological polar surface area (TPSA) is 98.3 Å². The summed E-state index contributed by atoms with van der Waals surface area (Å²) in [6.45, 7) is 2.98. The van der Waals surface area contributed by atoms with Gasteiger partial charge in [0.25, 0.3) is 0 Å². The fraction of sp³-hybridized carbons (Fsp3) is 0.429. The normalized spacial score (nSPS) is 12.4. The molecular formula is C7H9N3O4. The molecule has 0 unspecified atom stereocenters. The van der Waals surface area contributed by atoms with Crippen LogP contribution in [-0.2, 0) is 4.79 Å². The van der Waals surface area contributed by atoms with Crippen LogP contribution < -0.4 is 0 Å². The second-order valence-electron chi connectivity index (χ2n) is 2.86. The molecule has 0 saturated heterocycles. The monoisotopic (exact) mass is 199 g/mol. The fourth-order valence-corrected chi connectivity index (χ4v) is 1.06. The van der Waals surface area contributed by atoms with Crippen molar-refractivity contribution in [3.63, 3.8) is 0 Å². The zero-order valence-electron chi connectivity index (χ0n) is 7.67. The maximum absolute atomic E-state index is 10.6. The number of hydrogen-bond donors (Lipinski definition) is 1. The van der Waals surface area contributed by atoms with Crippen LogP contribution in [0.3, 0.4) is 0 Å². The smallest absolute Gasteiger partial charge is 0.390 e. The Hall–Kier alpha value is -1.92. The Bertz CT molecular complexity index is 384. The molecule has 1 atom stereocenters. The molecule has 1 aromatic rings. The zero-order chi connectivity index (χ0) is 10.9. The minimum Gasteiger partial charge on any atom is -0.480 e. The van der Waals surface area contributed by atoms with Gasteiger partial charge in [0.15, 0.2) is 6.04 Å². The summed E-state index contributed by atoms with van der Waals surface area (Å²) in [5.74, 6) is -1.42. The van der Waals surface area contributed by atoms with Crippen LogP contribution in [0.4, 0.5) is 5.82 Å². The molecule has 0 bridgehead atoms. The average Bonchev–Trinajstić information content (AvgIpc) is 2.46. The van der Waals surface area contributed by atoms with Crippen LogP contribution in [-0.4, -0.2) is 25.8 Å². The van der Waals surface area contributed by atoms with E-state index in [1.807, 2.05) is 0 Å². The molecule has 0 spiro atoms. The summed E-state index contributed by atoms with van der Waals surface area (Å²) < 4.78 is 1.11. The highest BCUT2D eigenvalue weighted by Crippen LogP contribution is 2.15. The van der Waals surface area contributed by atoms with Crippen LogP contribution in [0.1, 0.15) is 18.7 Å². The molecule has 7 nitrogen and oxygen atoms in total. The Kier molecular flexibility index (Phi) is 2.50. The second-order valence-corrected chi connectivity index (χ2v) is 2.86. The third-order valence-corrected chi connectivity index (χ3v) is 1.82. The van der Waals surface area contributed by atoms with Crippen LogP contribution in [0.25, 0.3) is 0 Å². The number of carboxylic acid groups (broad SMARTS) is 1. The average molecular weight is 199 g/mol. The quantitative estimate of drug-likeness (QED) is 0.571. The van der Waals surface area contributed by atoms with E-state index in [0.29, 0.717) is 5.69 Å². The minimum absolute atomic E-state index is 0.337. The Balaban J connectivity index is 3.10. The molecule has 0 radical (unpaired) electrons. The number of hydrogen-bond acceptors (Lipinski definition) is 4. The van der Waals surface area contributed by atoms with E-state index >= 15 is 0 Å². The largest absolute Gasteiger partial charge is 0.480 e. The molecule has 1 N–H and O–H groups in total. The molecule has 76 valence electrons. The van der Waals surface area contributed by atoms with Gasteiger partial charge >= 0.3 is 11.8 Å². The standard InChI is InChI=1S/C7H9N3O4/c1-4-3-6(10(13)14)8-9(4)5(2)7(11)12/h3,5H,1-2H3,(H,11,12)/t5-/m0/s1. The van der Waals surface area contributed by atoms with Gasteiger partial charge in [-0.25, -0.2) is 4.79 Å². The summed E-state index contributed by atoms with van der Waals surface area (Å²) in [6, 6.07) is 0.336. The van der Waals surface area contributed by atoms with Crippen molar-refractivity contribution in [2.75, 3.05) is 0 Å². The van der Waals surface area contributed by atoms with E-state index in [1.165, 1.54) is 13.0 Å². The van der Waals surface area contributed by atoms with Gasteiger partial charge in [-0.2, -0.15) is 4.68 Å². The summed E-state index contributed by atoms with van der Waals surface area (Å²) >= 11 is 0. The lowest BCUT2D eigenvalue weighted by Gasteiger charge is -2.03. The van der Waals surface area contributed by atoms with Gasteiger partial charge in [-0.1, -0.05) is 0 Å². The highest BCUT2D eigenvalue weighted by Gasteiger charge is 2.23. The lowest BCUT2D eigenvalue weighted by molar-refractivity contribution is -0.389. The number of carboxylic acids is 1. The van der Waals surface area contributed by atoms with Crippen molar-refractivity contribution >= 4 is 11.8 Å². The van der Waals surface area contributed by atoms with Crippen molar-refractivity contribution in [2.45, 2.75) is 19.9 Å². The van der Waals surface area contributed by atoms with Crippen molar-refractivity contribution in [3.8, 4) is 0 Å². The van der Waals surface area contributed by atoms with Crippen molar-refractivity contribution < 1.29 is 14.8 Å². The third kappa shape index (κ3) is 1.70. The first-order chi connectivity index (χ1) is 6.43. The first-order valence-electron chi connectivity index (χ1n) is 3.87. The van der Waals surface area contributed by atoms with Gasteiger partial charge in [0, 0.05) is 0 Å². The maximum atomic E-state index is 10.6. The fourth-order valence-electron chi connectivity index (χ4n) is 1.06. The van der Waals surface area contributed by atoms with Gasteiger partial charge in [-0.05, 0) is 18.8 Å². The van der Waals surface area contributed by atoms with E-state index in [0.717, 1.165) is 4.68 Å². The maximum Gasteiger partial charge on any atom is 0.390 e. The minimum atomic E-state index is -1.08. The highest BCUT2D eigenvalue weighted by molar-refractivity contribution is 5.71. The predicted molar refractivity (Wildman–Crippen MR) is 46.0 cm³/mol. The SMILES string of the molecule is Cc1cc([N+](=O)[O-])nn1[C@@H](C)C(=O)O. The van der Waals surface area contributed by atoms with Crippen molar-refractivity contribution in [1.29, 1.82) is 0 Å². The van der Waals surface area contributed by atoms with Crippen LogP contribution in [0, 0.1) is 17.0 Å². The van der Waals surface area contributed by atoms with E-state index in [1.54, 1.807) is 6.92 Å². The molecule has 0 aromatic carbocycles. The lowest BCUT2D eigenvalue weighted by Crippen LogP contribution is -2.17. The van der Waals surface area contributed by atoms with E-state index in [2.05, 4.69) is 5.10 Å². The van der Waals surface area contributed by atoms with Gasteiger partial charge in [-0.15, -0.1) is 0 Å². The first-order valence-corrected chi connectivity index (χ1v) is 3.87. The summed E-state index contributed by atoms with van der Waals surface area (Å²) in [7, 11) is 0. The van der Waals surface area contributed by atoms with Crippen LogP contribution >= 0.6 is 0 Å². The van der Waals surface area contributed by atoms with Gasteiger partial charge in [0.1, 0.15) is 0 Å². The number of aryl methyl sites for hydroxylation is 1. The number of carbonyl (C=O) groups is 1. The van der Waals surface area contributed by atoms with Crippen molar-refractivity contribution in [2.24, 2.45) is 0 Å². The Morgan fingerprint density at radius 1 is 1.79 bits per heavy atom. The Morgan fingerprint density at radius 2 is 2.36 bits per heavy atom. The number of nitrogens with zero attached hydrogens (tertiary/aromatic N) is 3. The summed E-state index contributed by atoms with van der Waals surface area (Å²) in [5.41, 5.74) is 0.451. The highest BCUT2D eigenvalue weighted by atomic mass is 16.6. The van der Waals surface area contributed by atoms with Gasteiger partial charge < -0.3 is 15.2 Å². The number of rotatable bonds is 3. The van der Waals surface area contributed by atoms with Crippen molar-refractivity contribution in [3.05, 3.63) is 21.9 Å². The number of nitro groups is 1. The van der Waals surface area contributed by atoms with Crippen LogP contribution in [0.5, 0.6) is 0 Å². The molecule has 0 fully saturated rings. The molecule has 14 heavy (non-hydrogen) atoms. The van der Waals surface area contributed by atoms with Gasteiger partial charge in [0.05, 0.1) is 16.9 Å². The summed E-state index contributed by atoms with van der Waals surface area (Å²) in [6.07, 6.45) is 0. The van der Waals surface area contributed by atoms with Gasteiger partial charge in [0.2, 0.25) is 0 Å². The zero-order valence-corrected chi connectivity index (χ0v) is 7.67. The Labute approximate surface area is 79.1 Å². The van der Waals surface area contributed by atoms with Crippen molar-refractivity contribution in [1.82, 2.24) is 9.78 Å². The first kappa shape index (κ1) is 10.2. The molecular weight excluding hydrogens is 190 g/mol. The summed E-state index contributed by atoms with van der Waals surface area (Å²) in [5, 5.41) is 22.6.